The van der Waals surface area contributed by atoms with Crippen LogP contribution in [0.3, 0.4) is 0 Å². The van der Waals surface area contributed by atoms with Crippen LogP contribution in [0.15, 0.2) is 59.5 Å². The summed E-state index contributed by atoms with van der Waals surface area (Å²) in [7, 11) is -3.24. The summed E-state index contributed by atoms with van der Waals surface area (Å²) >= 11 is 1.53. The fraction of sp³-hybridized carbons (Fsp3) is 0.273. The average molecular weight is 442 g/mol. The molecule has 1 N–H and O–H groups in total. The molecule has 0 spiro atoms. The molecule has 0 atom stereocenters. The van der Waals surface area contributed by atoms with Crippen molar-refractivity contribution in [2.24, 2.45) is 0 Å². The fourth-order valence-electron chi connectivity index (χ4n) is 3.48. The van der Waals surface area contributed by atoms with E-state index in [4.69, 9.17) is 0 Å². The van der Waals surface area contributed by atoms with Crippen LogP contribution in [0, 0.1) is 0 Å². The van der Waals surface area contributed by atoms with Gasteiger partial charge in [0.1, 0.15) is 0 Å². The maximum atomic E-state index is 12.4. The minimum atomic E-state index is -3.24. The number of fused-ring (bicyclic) bond motifs is 1. The molecular weight excluding hydrogens is 418 g/mol. The summed E-state index contributed by atoms with van der Waals surface area (Å²) in [5.74, 6) is -0.158. The highest BCUT2D eigenvalue weighted by Gasteiger charge is 2.21. The third-order valence-electron chi connectivity index (χ3n) is 5.02. The number of rotatable bonds is 6. The number of aromatic nitrogens is 1. The molecule has 3 aromatic rings. The first kappa shape index (κ1) is 20.7. The first-order valence-corrected chi connectivity index (χ1v) is 12.4. The Morgan fingerprint density at radius 2 is 1.83 bits per heavy atom. The van der Waals surface area contributed by atoms with Crippen molar-refractivity contribution in [3.05, 3.63) is 76.3 Å². The number of hydrogen-bond donors (Lipinski definition) is 1. The quantitative estimate of drug-likeness (QED) is 0.635. The molecule has 2 aromatic carbocycles. The summed E-state index contributed by atoms with van der Waals surface area (Å²) in [6.07, 6.45) is 2.22. The highest BCUT2D eigenvalue weighted by Crippen LogP contribution is 2.29. The lowest BCUT2D eigenvalue weighted by Crippen LogP contribution is -2.29. The van der Waals surface area contributed by atoms with E-state index in [2.05, 4.69) is 39.5 Å². The van der Waals surface area contributed by atoms with Gasteiger partial charge in [0, 0.05) is 37.2 Å². The Morgan fingerprint density at radius 1 is 1.10 bits per heavy atom. The van der Waals surface area contributed by atoms with Crippen LogP contribution >= 0.6 is 11.3 Å². The molecular formula is C22H23N3O3S2. The van der Waals surface area contributed by atoms with Gasteiger partial charge in [-0.25, -0.2) is 13.4 Å². The third kappa shape index (κ3) is 5.13. The summed E-state index contributed by atoms with van der Waals surface area (Å²) in [5, 5.41) is 3.51. The Bertz CT molecular complexity index is 1140. The van der Waals surface area contributed by atoms with Crippen LogP contribution in [-0.2, 0) is 40.6 Å². The molecule has 0 saturated heterocycles. The number of nitrogens with one attached hydrogen (secondary N) is 1. The second-order valence-corrected chi connectivity index (χ2v) is 10.6. The minimum Gasteiger partial charge on any atom is -0.302 e. The molecule has 1 amide bonds. The van der Waals surface area contributed by atoms with Crippen LogP contribution in [-0.4, -0.2) is 37.0 Å². The second kappa shape index (κ2) is 8.67. The Morgan fingerprint density at radius 3 is 2.53 bits per heavy atom. The molecule has 0 aliphatic carbocycles. The van der Waals surface area contributed by atoms with E-state index >= 15 is 0 Å². The summed E-state index contributed by atoms with van der Waals surface area (Å²) in [4.78, 5) is 20.9. The van der Waals surface area contributed by atoms with Crippen molar-refractivity contribution in [3.8, 4) is 0 Å². The van der Waals surface area contributed by atoms with Crippen LogP contribution in [0.2, 0.25) is 0 Å². The lowest BCUT2D eigenvalue weighted by atomic mass is 10.1. The summed E-state index contributed by atoms with van der Waals surface area (Å²) in [6.45, 7) is 2.69. The van der Waals surface area contributed by atoms with Crippen molar-refractivity contribution in [2.75, 3.05) is 18.1 Å². The minimum absolute atomic E-state index is 0.158. The second-order valence-electron chi connectivity index (χ2n) is 7.48. The molecule has 1 aliphatic heterocycles. The average Bonchev–Trinajstić information content (AvgIpc) is 3.09. The molecule has 0 bridgehead atoms. The van der Waals surface area contributed by atoms with E-state index in [0.717, 1.165) is 37.3 Å². The highest BCUT2D eigenvalue weighted by molar-refractivity contribution is 7.90. The first-order chi connectivity index (χ1) is 14.4. The molecule has 4 rings (SSSR count). The van der Waals surface area contributed by atoms with Crippen LogP contribution in [0.25, 0.3) is 0 Å². The van der Waals surface area contributed by atoms with Gasteiger partial charge in [0.05, 0.1) is 17.0 Å². The lowest BCUT2D eigenvalue weighted by Gasteiger charge is -2.25. The predicted octanol–water partition coefficient (Wildman–Crippen LogP) is 3.29. The highest BCUT2D eigenvalue weighted by atomic mass is 32.2. The van der Waals surface area contributed by atoms with E-state index < -0.39 is 9.84 Å². The molecule has 156 valence electrons. The summed E-state index contributed by atoms with van der Waals surface area (Å²) in [5.41, 5.74) is 3.12. The lowest BCUT2D eigenvalue weighted by molar-refractivity contribution is -0.115. The zero-order chi connectivity index (χ0) is 21.1. The van der Waals surface area contributed by atoms with Gasteiger partial charge in [-0.15, -0.1) is 11.3 Å². The van der Waals surface area contributed by atoms with Crippen molar-refractivity contribution in [3.63, 3.8) is 0 Å². The molecule has 1 aliphatic rings. The fourth-order valence-corrected chi connectivity index (χ4v) is 5.18. The van der Waals surface area contributed by atoms with Gasteiger partial charge in [-0.1, -0.05) is 42.5 Å². The number of anilines is 1. The van der Waals surface area contributed by atoms with Crippen LogP contribution in [0.1, 0.15) is 21.7 Å². The number of carbonyl (C=O) groups excluding carboxylic acids is 1. The number of thiazole rings is 1. The largest absolute Gasteiger partial charge is 0.302 e. The van der Waals surface area contributed by atoms with Gasteiger partial charge in [0.2, 0.25) is 5.91 Å². The SMILES string of the molecule is CS(=O)(=O)c1ccc(CC(=O)Nc2nc3c(s2)CN(Cc2ccccc2)CC3)cc1. The van der Waals surface area contributed by atoms with Gasteiger partial charge in [0.25, 0.3) is 0 Å². The van der Waals surface area contributed by atoms with Crippen molar-refractivity contribution in [1.29, 1.82) is 0 Å². The van der Waals surface area contributed by atoms with Crippen molar-refractivity contribution in [1.82, 2.24) is 9.88 Å². The zero-order valence-corrected chi connectivity index (χ0v) is 18.3. The van der Waals surface area contributed by atoms with E-state index in [0.29, 0.717) is 5.13 Å². The molecule has 0 unspecified atom stereocenters. The van der Waals surface area contributed by atoms with E-state index in [1.165, 1.54) is 40.2 Å². The van der Waals surface area contributed by atoms with E-state index in [-0.39, 0.29) is 17.2 Å². The number of benzene rings is 2. The Labute approximate surface area is 180 Å². The zero-order valence-electron chi connectivity index (χ0n) is 16.7. The van der Waals surface area contributed by atoms with E-state index in [1.54, 1.807) is 12.1 Å². The van der Waals surface area contributed by atoms with Gasteiger partial charge >= 0.3 is 0 Å². The predicted molar refractivity (Wildman–Crippen MR) is 118 cm³/mol. The van der Waals surface area contributed by atoms with Gasteiger partial charge < -0.3 is 5.32 Å². The molecule has 0 radical (unpaired) electrons. The molecule has 1 aromatic heterocycles. The smallest absolute Gasteiger partial charge is 0.230 e. The number of nitrogens with zero attached hydrogens (tertiary/aromatic N) is 2. The molecule has 8 heteroatoms. The first-order valence-electron chi connectivity index (χ1n) is 9.70. The molecule has 0 fully saturated rings. The van der Waals surface area contributed by atoms with Gasteiger partial charge in [0.15, 0.2) is 15.0 Å². The standard InChI is InChI=1S/C22H23N3O3S2/c1-30(27,28)18-9-7-16(8-10-18)13-21(26)24-22-23-19-11-12-25(15-20(19)29-22)14-17-5-3-2-4-6-17/h2-10H,11-15H2,1H3,(H,23,24,26). The van der Waals surface area contributed by atoms with Crippen molar-refractivity contribution < 1.29 is 13.2 Å². The number of carbonyl (C=O) groups is 1. The van der Waals surface area contributed by atoms with Crippen LogP contribution in [0.5, 0.6) is 0 Å². The Hall–Kier alpha value is -2.55. The van der Waals surface area contributed by atoms with Crippen molar-refractivity contribution >= 4 is 32.2 Å². The van der Waals surface area contributed by atoms with Crippen molar-refractivity contribution in [2.45, 2.75) is 30.8 Å². The van der Waals surface area contributed by atoms with Crippen LogP contribution in [0.4, 0.5) is 5.13 Å². The Balaban J connectivity index is 1.35. The monoisotopic (exact) mass is 441 g/mol. The maximum Gasteiger partial charge on any atom is 0.230 e. The summed E-state index contributed by atoms with van der Waals surface area (Å²) in [6, 6.07) is 16.8. The Kier molecular flexibility index (Phi) is 5.99. The van der Waals surface area contributed by atoms with Gasteiger partial charge in [-0.2, -0.15) is 0 Å². The number of hydrogen-bond acceptors (Lipinski definition) is 6. The third-order valence-corrected chi connectivity index (χ3v) is 7.15. The van der Waals surface area contributed by atoms with E-state index in [1.807, 2.05) is 6.07 Å². The van der Waals surface area contributed by atoms with Gasteiger partial charge in [-0.05, 0) is 23.3 Å². The van der Waals surface area contributed by atoms with Gasteiger partial charge in [-0.3, -0.25) is 9.69 Å². The molecule has 30 heavy (non-hydrogen) atoms. The van der Waals surface area contributed by atoms with E-state index in [9.17, 15) is 13.2 Å². The molecule has 0 saturated carbocycles. The topological polar surface area (TPSA) is 79.4 Å². The maximum absolute atomic E-state index is 12.4. The molecule has 2 heterocycles. The number of sulfone groups is 1. The normalized spacial score (nSPS) is 14.3. The van der Waals surface area contributed by atoms with Crippen LogP contribution < -0.4 is 5.32 Å². The number of amides is 1. The summed E-state index contributed by atoms with van der Waals surface area (Å²) < 4.78 is 23.1. The molecule has 6 nitrogen and oxygen atoms in total.